The highest BCUT2D eigenvalue weighted by atomic mass is 19.1. The highest BCUT2D eigenvalue weighted by Crippen LogP contribution is 2.21. The number of benzene rings is 3. The molecule has 1 aromatic heterocycles. The van der Waals surface area contributed by atoms with Gasteiger partial charge in [-0.25, -0.2) is 18.4 Å². The van der Waals surface area contributed by atoms with Gasteiger partial charge in [0.2, 0.25) is 5.82 Å². The molecule has 0 saturated heterocycles. The molecular weight excluding hydrogens is 404 g/mol. The molecule has 154 valence electrons. The maximum atomic E-state index is 13.7. The predicted molar refractivity (Wildman–Crippen MR) is 108 cm³/mol. The SMILES string of the molecule is O=C(NNC(=O)c1ccc(F)cc1F)c1nc(-c2ccccc2)n(-c2ccccc2)n1. The Kier molecular flexibility index (Phi) is 5.48. The van der Waals surface area contributed by atoms with Crippen molar-refractivity contribution in [2.45, 2.75) is 0 Å². The van der Waals surface area contributed by atoms with Crippen LogP contribution in [0.4, 0.5) is 8.78 Å². The summed E-state index contributed by atoms with van der Waals surface area (Å²) in [5.41, 5.74) is 5.22. The van der Waals surface area contributed by atoms with Crippen LogP contribution in [0, 0.1) is 11.6 Å². The van der Waals surface area contributed by atoms with E-state index in [0.29, 0.717) is 17.6 Å². The van der Waals surface area contributed by atoms with Crippen LogP contribution in [0.25, 0.3) is 17.1 Å². The number of amides is 2. The smallest absolute Gasteiger partial charge is 0.267 e. The Bertz CT molecular complexity index is 1190. The van der Waals surface area contributed by atoms with E-state index in [2.05, 4.69) is 20.9 Å². The first-order valence-corrected chi connectivity index (χ1v) is 9.16. The van der Waals surface area contributed by atoms with Gasteiger partial charge >= 0.3 is 5.91 Å². The zero-order valence-electron chi connectivity index (χ0n) is 15.9. The summed E-state index contributed by atoms with van der Waals surface area (Å²) in [5.74, 6) is -3.40. The lowest BCUT2D eigenvalue weighted by molar-refractivity contribution is 0.0838. The van der Waals surface area contributed by atoms with E-state index in [4.69, 9.17) is 0 Å². The van der Waals surface area contributed by atoms with Crippen LogP contribution in [0.15, 0.2) is 78.9 Å². The van der Waals surface area contributed by atoms with Crippen molar-refractivity contribution in [1.29, 1.82) is 0 Å². The van der Waals surface area contributed by atoms with Crippen LogP contribution in [0.1, 0.15) is 21.0 Å². The Morgan fingerprint density at radius 1 is 0.806 bits per heavy atom. The molecule has 9 heteroatoms. The van der Waals surface area contributed by atoms with Crippen molar-refractivity contribution in [2.75, 3.05) is 0 Å². The summed E-state index contributed by atoms with van der Waals surface area (Å²) in [7, 11) is 0. The number of nitrogens with one attached hydrogen (secondary N) is 2. The fraction of sp³-hybridized carbons (Fsp3) is 0. The minimum absolute atomic E-state index is 0.206. The fourth-order valence-corrected chi connectivity index (χ4v) is 2.84. The van der Waals surface area contributed by atoms with Gasteiger partial charge in [0.15, 0.2) is 5.82 Å². The normalized spacial score (nSPS) is 10.5. The van der Waals surface area contributed by atoms with Gasteiger partial charge in [0.25, 0.3) is 5.91 Å². The number of halogens is 2. The van der Waals surface area contributed by atoms with Crippen molar-refractivity contribution in [1.82, 2.24) is 25.6 Å². The second kappa shape index (κ2) is 8.54. The van der Waals surface area contributed by atoms with Crippen LogP contribution in [0.5, 0.6) is 0 Å². The number of hydrogen-bond donors (Lipinski definition) is 2. The molecule has 0 fully saturated rings. The van der Waals surface area contributed by atoms with E-state index in [0.717, 1.165) is 17.7 Å². The van der Waals surface area contributed by atoms with Crippen molar-refractivity contribution in [2.24, 2.45) is 0 Å². The molecule has 1 heterocycles. The standard InChI is InChI=1S/C22H15F2N5O2/c23-15-11-12-17(18(24)13-15)21(30)26-27-22(31)19-25-20(14-7-3-1-4-8-14)29(28-19)16-9-5-2-6-10-16/h1-13H,(H,26,30)(H,27,31). The van der Waals surface area contributed by atoms with Gasteiger partial charge in [-0.1, -0.05) is 48.5 Å². The molecule has 0 saturated carbocycles. The van der Waals surface area contributed by atoms with Gasteiger partial charge in [-0.15, -0.1) is 5.10 Å². The van der Waals surface area contributed by atoms with Crippen molar-refractivity contribution < 1.29 is 18.4 Å². The highest BCUT2D eigenvalue weighted by Gasteiger charge is 2.20. The molecule has 4 rings (SSSR count). The lowest BCUT2D eigenvalue weighted by atomic mass is 10.2. The summed E-state index contributed by atoms with van der Waals surface area (Å²) in [6.07, 6.45) is 0. The van der Waals surface area contributed by atoms with E-state index in [1.54, 1.807) is 0 Å². The van der Waals surface area contributed by atoms with Crippen LogP contribution >= 0.6 is 0 Å². The molecule has 0 aliphatic rings. The Labute approximate surface area is 175 Å². The number of nitrogens with zero attached hydrogens (tertiary/aromatic N) is 3. The lowest BCUT2D eigenvalue weighted by Crippen LogP contribution is -2.42. The quantitative estimate of drug-likeness (QED) is 0.497. The topological polar surface area (TPSA) is 88.9 Å². The third-order valence-electron chi connectivity index (χ3n) is 4.31. The minimum atomic E-state index is -1.05. The Morgan fingerprint density at radius 3 is 2.13 bits per heavy atom. The van der Waals surface area contributed by atoms with Gasteiger partial charge in [-0.05, 0) is 24.3 Å². The van der Waals surface area contributed by atoms with E-state index in [9.17, 15) is 18.4 Å². The largest absolute Gasteiger partial charge is 0.309 e. The first-order chi connectivity index (χ1) is 15.0. The molecule has 4 aromatic rings. The van der Waals surface area contributed by atoms with E-state index in [1.165, 1.54) is 4.68 Å². The van der Waals surface area contributed by atoms with Gasteiger partial charge in [-0.2, -0.15) is 0 Å². The van der Waals surface area contributed by atoms with Gasteiger partial charge in [0, 0.05) is 11.6 Å². The molecule has 2 N–H and O–H groups in total. The maximum absolute atomic E-state index is 13.7. The van der Waals surface area contributed by atoms with Crippen LogP contribution in [-0.4, -0.2) is 26.6 Å². The molecule has 2 amide bonds. The van der Waals surface area contributed by atoms with Crippen molar-refractivity contribution in [3.8, 4) is 17.1 Å². The summed E-state index contributed by atoms with van der Waals surface area (Å²) in [6, 6.07) is 20.8. The number of carbonyl (C=O) groups is 2. The lowest BCUT2D eigenvalue weighted by Gasteiger charge is -2.06. The van der Waals surface area contributed by atoms with Crippen LogP contribution in [-0.2, 0) is 0 Å². The molecule has 0 aliphatic carbocycles. The number of para-hydroxylation sites is 1. The van der Waals surface area contributed by atoms with E-state index >= 15 is 0 Å². The average molecular weight is 419 g/mol. The van der Waals surface area contributed by atoms with Crippen molar-refractivity contribution in [3.05, 3.63) is 102 Å². The molecule has 31 heavy (non-hydrogen) atoms. The van der Waals surface area contributed by atoms with Gasteiger partial charge < -0.3 is 0 Å². The maximum Gasteiger partial charge on any atom is 0.309 e. The van der Waals surface area contributed by atoms with Gasteiger partial charge in [-0.3, -0.25) is 20.4 Å². The third-order valence-corrected chi connectivity index (χ3v) is 4.31. The number of carbonyl (C=O) groups excluding carboxylic acids is 2. The Hall–Kier alpha value is -4.40. The molecule has 0 unspecified atom stereocenters. The molecule has 0 radical (unpaired) electrons. The number of hydrazine groups is 1. The number of hydrogen-bond acceptors (Lipinski definition) is 4. The molecule has 7 nitrogen and oxygen atoms in total. The summed E-state index contributed by atoms with van der Waals surface area (Å²) in [6.45, 7) is 0. The van der Waals surface area contributed by atoms with Gasteiger partial charge in [0.1, 0.15) is 11.6 Å². The summed E-state index contributed by atoms with van der Waals surface area (Å²) < 4.78 is 28.3. The monoisotopic (exact) mass is 419 g/mol. The average Bonchev–Trinajstić information content (AvgIpc) is 3.24. The van der Waals surface area contributed by atoms with Crippen LogP contribution < -0.4 is 10.9 Å². The first-order valence-electron chi connectivity index (χ1n) is 9.16. The minimum Gasteiger partial charge on any atom is -0.267 e. The zero-order chi connectivity index (χ0) is 21.8. The first kappa shape index (κ1) is 19.9. The van der Waals surface area contributed by atoms with Gasteiger partial charge in [0.05, 0.1) is 11.3 Å². The molecule has 0 atom stereocenters. The van der Waals surface area contributed by atoms with E-state index < -0.39 is 29.0 Å². The van der Waals surface area contributed by atoms with Crippen LogP contribution in [0.2, 0.25) is 0 Å². The van der Waals surface area contributed by atoms with Crippen LogP contribution in [0.3, 0.4) is 0 Å². The van der Waals surface area contributed by atoms with E-state index in [-0.39, 0.29) is 5.82 Å². The Morgan fingerprint density at radius 2 is 1.45 bits per heavy atom. The highest BCUT2D eigenvalue weighted by molar-refractivity contribution is 5.98. The van der Waals surface area contributed by atoms with Crippen molar-refractivity contribution >= 4 is 11.8 Å². The zero-order valence-corrected chi connectivity index (χ0v) is 15.9. The second-order valence-electron chi connectivity index (χ2n) is 6.40. The molecule has 0 bridgehead atoms. The molecule has 3 aromatic carbocycles. The summed E-state index contributed by atoms with van der Waals surface area (Å²) in [5, 5.41) is 4.26. The number of aromatic nitrogens is 3. The molecular formula is C22H15F2N5O2. The second-order valence-corrected chi connectivity index (χ2v) is 6.40. The van der Waals surface area contributed by atoms with Crippen molar-refractivity contribution in [3.63, 3.8) is 0 Å². The summed E-state index contributed by atoms with van der Waals surface area (Å²) >= 11 is 0. The van der Waals surface area contributed by atoms with E-state index in [1.807, 2.05) is 60.7 Å². The molecule has 0 spiro atoms. The third kappa shape index (κ3) is 4.30. The fourth-order valence-electron chi connectivity index (χ4n) is 2.84. The summed E-state index contributed by atoms with van der Waals surface area (Å²) in [4.78, 5) is 28.9. The predicted octanol–water partition coefficient (Wildman–Crippen LogP) is 3.29. The Balaban J connectivity index is 1.58. The number of rotatable bonds is 4. The molecule has 0 aliphatic heterocycles.